The smallest absolute Gasteiger partial charge is 0.131 e. The Morgan fingerprint density at radius 3 is 2.50 bits per heavy atom. The van der Waals surface area contributed by atoms with Crippen LogP contribution in [-0.4, -0.2) is 19.1 Å². The maximum absolute atomic E-state index is 8.81. The molecule has 0 spiro atoms. The van der Waals surface area contributed by atoms with Crippen molar-refractivity contribution >= 4 is 17.2 Å². The van der Waals surface area contributed by atoms with E-state index in [0.29, 0.717) is 11.4 Å². The number of benzene rings is 1. The first-order valence-corrected chi connectivity index (χ1v) is 5.59. The summed E-state index contributed by atoms with van der Waals surface area (Å²) >= 11 is 0. The van der Waals surface area contributed by atoms with Gasteiger partial charge in [0.2, 0.25) is 0 Å². The first-order valence-electron chi connectivity index (χ1n) is 5.59. The van der Waals surface area contributed by atoms with Crippen LogP contribution in [0, 0.1) is 11.3 Å². The normalized spacial score (nSPS) is 9.61. The molecule has 0 amide bonds. The molecule has 0 radical (unpaired) electrons. The summed E-state index contributed by atoms with van der Waals surface area (Å²) in [5, 5.41) is 12.0. The summed E-state index contributed by atoms with van der Waals surface area (Å²) in [5.41, 5.74) is 2.68. The summed E-state index contributed by atoms with van der Waals surface area (Å²) in [4.78, 5) is 6.21. The molecule has 0 atom stereocenters. The van der Waals surface area contributed by atoms with E-state index < -0.39 is 0 Å². The van der Waals surface area contributed by atoms with Gasteiger partial charge in [-0.05, 0) is 36.4 Å². The van der Waals surface area contributed by atoms with Crippen LogP contribution in [0.4, 0.5) is 17.2 Å². The third-order valence-electron chi connectivity index (χ3n) is 2.55. The van der Waals surface area contributed by atoms with E-state index in [4.69, 9.17) is 5.26 Å². The Kier molecular flexibility index (Phi) is 3.44. The molecular weight excluding hydrogens is 224 g/mol. The summed E-state index contributed by atoms with van der Waals surface area (Å²) < 4.78 is 0. The van der Waals surface area contributed by atoms with Gasteiger partial charge in [0.05, 0.1) is 11.6 Å². The molecule has 0 aliphatic carbocycles. The molecular formula is C14H14N4. The molecule has 18 heavy (non-hydrogen) atoms. The van der Waals surface area contributed by atoms with E-state index in [0.717, 1.165) is 11.4 Å². The molecule has 1 N–H and O–H groups in total. The number of hydrogen-bond donors (Lipinski definition) is 1. The molecule has 1 aromatic carbocycles. The zero-order chi connectivity index (χ0) is 13.0. The monoisotopic (exact) mass is 238 g/mol. The summed E-state index contributed by atoms with van der Waals surface area (Å²) in [7, 11) is 4.00. The number of hydrogen-bond acceptors (Lipinski definition) is 4. The molecule has 0 fully saturated rings. The Balaban J connectivity index is 2.16. The Labute approximate surface area is 107 Å². The number of anilines is 3. The first-order chi connectivity index (χ1) is 8.69. The third-order valence-corrected chi connectivity index (χ3v) is 2.55. The van der Waals surface area contributed by atoms with Gasteiger partial charge in [0.1, 0.15) is 5.82 Å². The zero-order valence-corrected chi connectivity index (χ0v) is 10.4. The van der Waals surface area contributed by atoms with Crippen molar-refractivity contribution in [2.75, 3.05) is 24.3 Å². The van der Waals surface area contributed by atoms with E-state index in [1.54, 1.807) is 18.3 Å². The summed E-state index contributed by atoms with van der Waals surface area (Å²) in [6.07, 6.45) is 1.62. The lowest BCUT2D eigenvalue weighted by Crippen LogP contribution is -2.08. The van der Waals surface area contributed by atoms with Gasteiger partial charge in [-0.15, -0.1) is 0 Å². The van der Waals surface area contributed by atoms with Gasteiger partial charge in [-0.3, -0.25) is 0 Å². The second kappa shape index (κ2) is 5.19. The fourth-order valence-electron chi connectivity index (χ4n) is 1.56. The van der Waals surface area contributed by atoms with Crippen LogP contribution in [0.5, 0.6) is 0 Å². The van der Waals surface area contributed by atoms with Crippen LogP contribution >= 0.6 is 0 Å². The Morgan fingerprint density at radius 2 is 1.89 bits per heavy atom. The number of nitriles is 1. The van der Waals surface area contributed by atoms with E-state index in [1.165, 1.54) is 0 Å². The molecule has 0 saturated carbocycles. The Bertz CT molecular complexity index is 567. The van der Waals surface area contributed by atoms with E-state index in [9.17, 15) is 0 Å². The van der Waals surface area contributed by atoms with Crippen LogP contribution in [0.2, 0.25) is 0 Å². The largest absolute Gasteiger partial charge is 0.378 e. The van der Waals surface area contributed by atoms with E-state index in [1.807, 2.05) is 43.3 Å². The average Bonchev–Trinajstić information content (AvgIpc) is 2.39. The second-order valence-electron chi connectivity index (χ2n) is 4.11. The van der Waals surface area contributed by atoms with Crippen LogP contribution < -0.4 is 10.2 Å². The third kappa shape index (κ3) is 2.77. The average molecular weight is 238 g/mol. The summed E-state index contributed by atoms with van der Waals surface area (Å²) in [5.74, 6) is 0.673. The van der Waals surface area contributed by atoms with Gasteiger partial charge in [0, 0.05) is 31.7 Å². The molecule has 4 nitrogen and oxygen atoms in total. The predicted octanol–water partition coefficient (Wildman–Crippen LogP) is 2.76. The van der Waals surface area contributed by atoms with Gasteiger partial charge >= 0.3 is 0 Å². The molecule has 0 bridgehead atoms. The van der Waals surface area contributed by atoms with Gasteiger partial charge in [0.25, 0.3) is 0 Å². The lowest BCUT2D eigenvalue weighted by molar-refractivity contribution is 1.13. The summed E-state index contributed by atoms with van der Waals surface area (Å²) in [6.45, 7) is 0. The van der Waals surface area contributed by atoms with Crippen LogP contribution in [0.1, 0.15) is 5.56 Å². The lowest BCUT2D eigenvalue weighted by Gasteiger charge is -2.13. The molecule has 1 aromatic heterocycles. The van der Waals surface area contributed by atoms with Crippen molar-refractivity contribution in [2.24, 2.45) is 0 Å². The lowest BCUT2D eigenvalue weighted by atomic mass is 10.2. The van der Waals surface area contributed by atoms with Crippen molar-refractivity contribution in [1.29, 1.82) is 5.26 Å². The van der Waals surface area contributed by atoms with Gasteiger partial charge in [-0.1, -0.05) is 0 Å². The van der Waals surface area contributed by atoms with Gasteiger partial charge in [-0.25, -0.2) is 4.98 Å². The predicted molar refractivity (Wildman–Crippen MR) is 73.0 cm³/mol. The topological polar surface area (TPSA) is 52.0 Å². The fraction of sp³-hybridized carbons (Fsp3) is 0.143. The molecule has 2 aromatic rings. The van der Waals surface area contributed by atoms with E-state index >= 15 is 0 Å². The zero-order valence-electron chi connectivity index (χ0n) is 10.4. The number of nitrogens with one attached hydrogen (secondary N) is 1. The Hall–Kier alpha value is -2.54. The standard InChI is InChI=1S/C14H14N4/c1-18(2)13-5-3-12(4-6-13)17-14-9-11(10-15)7-8-16-14/h3-9H,1-2H3,(H,16,17). The van der Waals surface area contributed by atoms with Crippen molar-refractivity contribution < 1.29 is 0 Å². The van der Waals surface area contributed by atoms with Crippen LogP contribution in [0.3, 0.4) is 0 Å². The molecule has 1 heterocycles. The molecule has 0 saturated heterocycles. The van der Waals surface area contributed by atoms with Crippen LogP contribution in [0.25, 0.3) is 0 Å². The van der Waals surface area contributed by atoms with Crippen molar-refractivity contribution in [3.8, 4) is 6.07 Å². The second-order valence-corrected chi connectivity index (χ2v) is 4.11. The Morgan fingerprint density at radius 1 is 1.17 bits per heavy atom. The maximum atomic E-state index is 8.81. The molecule has 0 aliphatic heterocycles. The molecule has 2 rings (SSSR count). The van der Waals surface area contributed by atoms with Crippen molar-refractivity contribution in [1.82, 2.24) is 4.98 Å². The van der Waals surface area contributed by atoms with E-state index in [-0.39, 0.29) is 0 Å². The SMILES string of the molecule is CN(C)c1ccc(Nc2cc(C#N)ccn2)cc1. The minimum Gasteiger partial charge on any atom is -0.378 e. The molecule has 0 aliphatic rings. The highest BCUT2D eigenvalue weighted by atomic mass is 15.1. The van der Waals surface area contributed by atoms with Crippen LogP contribution in [-0.2, 0) is 0 Å². The molecule has 0 unspecified atom stereocenters. The highest BCUT2D eigenvalue weighted by Crippen LogP contribution is 2.19. The first kappa shape index (κ1) is 11.9. The summed E-state index contributed by atoms with van der Waals surface area (Å²) in [6, 6.07) is 13.5. The minimum atomic E-state index is 0.595. The minimum absolute atomic E-state index is 0.595. The number of aromatic nitrogens is 1. The van der Waals surface area contributed by atoms with Crippen molar-refractivity contribution in [3.05, 3.63) is 48.2 Å². The van der Waals surface area contributed by atoms with Gasteiger partial charge in [0.15, 0.2) is 0 Å². The van der Waals surface area contributed by atoms with Crippen LogP contribution in [0.15, 0.2) is 42.6 Å². The fourth-order valence-corrected chi connectivity index (χ4v) is 1.56. The highest BCUT2D eigenvalue weighted by molar-refractivity contribution is 5.61. The maximum Gasteiger partial charge on any atom is 0.131 e. The van der Waals surface area contributed by atoms with Gasteiger partial charge < -0.3 is 10.2 Å². The van der Waals surface area contributed by atoms with Gasteiger partial charge in [-0.2, -0.15) is 5.26 Å². The molecule has 90 valence electrons. The molecule has 4 heteroatoms. The number of pyridine rings is 1. The van der Waals surface area contributed by atoms with Crippen molar-refractivity contribution in [3.63, 3.8) is 0 Å². The van der Waals surface area contributed by atoms with E-state index in [2.05, 4.69) is 16.4 Å². The quantitative estimate of drug-likeness (QED) is 0.893. The number of nitrogens with zero attached hydrogens (tertiary/aromatic N) is 3. The highest BCUT2D eigenvalue weighted by Gasteiger charge is 1.99. The van der Waals surface area contributed by atoms with Crippen molar-refractivity contribution in [2.45, 2.75) is 0 Å². The number of rotatable bonds is 3.